The van der Waals surface area contributed by atoms with Crippen LogP contribution < -0.4 is 10.5 Å². The number of carbonyl (C=O) groups excluding carboxylic acids is 1. The number of benzene rings is 2. The second kappa shape index (κ2) is 10.8. The number of sulfonamides is 1. The highest BCUT2D eigenvalue weighted by Crippen LogP contribution is 2.24. The van der Waals surface area contributed by atoms with Gasteiger partial charge in [0.25, 0.3) is 0 Å². The van der Waals surface area contributed by atoms with Gasteiger partial charge >= 0.3 is 0 Å². The number of hydrogen-bond donors (Lipinski definition) is 3. The van der Waals surface area contributed by atoms with Crippen LogP contribution in [0.1, 0.15) is 11.3 Å². The third kappa shape index (κ3) is 5.54. The molecule has 1 fully saturated rings. The fourth-order valence-corrected chi connectivity index (χ4v) is 7.35. The number of fused-ring (bicyclic) bond motifs is 2. The van der Waals surface area contributed by atoms with E-state index in [1.165, 1.54) is 6.33 Å². The van der Waals surface area contributed by atoms with E-state index in [-0.39, 0.29) is 23.2 Å². The summed E-state index contributed by atoms with van der Waals surface area (Å²) in [5, 5.41) is 4.11. The molecule has 0 spiro atoms. The lowest BCUT2D eigenvalue weighted by molar-refractivity contribution is -0.140. The molecular weight excluding hydrogens is 570 g/mol. The quantitative estimate of drug-likeness (QED) is 0.249. The summed E-state index contributed by atoms with van der Waals surface area (Å²) >= 11 is 7.30. The van der Waals surface area contributed by atoms with Gasteiger partial charge in [-0.3, -0.25) is 9.69 Å². The van der Waals surface area contributed by atoms with Crippen molar-refractivity contribution in [3.8, 4) is 0 Å². The highest BCUT2D eigenvalue weighted by molar-refractivity contribution is 7.91. The molecule has 1 unspecified atom stereocenters. The summed E-state index contributed by atoms with van der Waals surface area (Å²) in [6, 6.07) is 16.1. The minimum atomic E-state index is -3.70. The maximum Gasteiger partial charge on any atom is 0.250 e. The van der Waals surface area contributed by atoms with Gasteiger partial charge in [0.05, 0.1) is 18.1 Å². The molecule has 0 aliphatic carbocycles. The summed E-state index contributed by atoms with van der Waals surface area (Å²) in [6.45, 7) is 1.58. The van der Waals surface area contributed by atoms with Crippen molar-refractivity contribution < 1.29 is 13.2 Å². The Morgan fingerprint density at radius 3 is 2.83 bits per heavy atom. The van der Waals surface area contributed by atoms with E-state index in [4.69, 9.17) is 17.3 Å². The number of nitrogens with zero attached hydrogens (tertiary/aromatic N) is 4. The molecule has 1 amide bonds. The van der Waals surface area contributed by atoms with Crippen LogP contribution in [0.2, 0.25) is 5.02 Å². The number of hydrogen-bond acceptors (Lipinski definition) is 8. The molecular formula is C27H26ClN7O3S2. The number of nitrogen functional groups attached to an aromatic ring is 1. The number of aromatic nitrogens is 3. The number of anilines is 1. The molecule has 0 saturated carbocycles. The Kier molecular flexibility index (Phi) is 7.19. The molecule has 1 saturated heterocycles. The highest BCUT2D eigenvalue weighted by Gasteiger charge is 2.34. The van der Waals surface area contributed by atoms with E-state index in [9.17, 15) is 13.2 Å². The molecule has 4 heterocycles. The summed E-state index contributed by atoms with van der Waals surface area (Å²) in [7, 11) is -3.70. The van der Waals surface area contributed by atoms with Crippen molar-refractivity contribution in [1.29, 1.82) is 0 Å². The van der Waals surface area contributed by atoms with Crippen molar-refractivity contribution in [2.45, 2.75) is 23.3 Å². The largest absolute Gasteiger partial charge is 0.383 e. The molecule has 1 aliphatic rings. The topological polar surface area (TPSA) is 137 Å². The first-order valence-electron chi connectivity index (χ1n) is 12.6. The average molecular weight is 596 g/mol. The van der Waals surface area contributed by atoms with Crippen molar-refractivity contribution in [1.82, 2.24) is 29.5 Å². The number of amides is 1. The molecule has 6 rings (SSSR count). The monoisotopic (exact) mass is 595 g/mol. The molecule has 1 atom stereocenters. The Morgan fingerprint density at radius 2 is 2.00 bits per heavy atom. The smallest absolute Gasteiger partial charge is 0.250 e. The molecule has 0 radical (unpaired) electrons. The summed E-state index contributed by atoms with van der Waals surface area (Å²) in [6.07, 6.45) is 1.41. The van der Waals surface area contributed by atoms with Gasteiger partial charge in [-0.15, -0.1) is 11.3 Å². The van der Waals surface area contributed by atoms with Gasteiger partial charge in [0, 0.05) is 53.2 Å². The molecule has 13 heteroatoms. The maximum atomic E-state index is 13.5. The highest BCUT2D eigenvalue weighted by atomic mass is 35.5. The fraction of sp³-hybridized carbons (Fsp3) is 0.222. The zero-order valence-corrected chi connectivity index (χ0v) is 23.6. The van der Waals surface area contributed by atoms with Crippen LogP contribution in [0.3, 0.4) is 0 Å². The van der Waals surface area contributed by atoms with Gasteiger partial charge in [0.1, 0.15) is 16.4 Å². The second-order valence-corrected chi connectivity index (χ2v) is 13.1. The summed E-state index contributed by atoms with van der Waals surface area (Å²) in [4.78, 5) is 29.0. The first-order valence-corrected chi connectivity index (χ1v) is 15.3. The van der Waals surface area contributed by atoms with Crippen LogP contribution in [0, 0.1) is 0 Å². The molecule has 0 bridgehead atoms. The number of thiophene rings is 1. The van der Waals surface area contributed by atoms with Crippen LogP contribution in [-0.4, -0.2) is 64.8 Å². The first kappa shape index (κ1) is 26.7. The van der Waals surface area contributed by atoms with E-state index in [0.717, 1.165) is 38.9 Å². The van der Waals surface area contributed by atoms with E-state index in [2.05, 4.69) is 19.7 Å². The van der Waals surface area contributed by atoms with Gasteiger partial charge in [0.15, 0.2) is 0 Å². The predicted molar refractivity (Wildman–Crippen MR) is 156 cm³/mol. The summed E-state index contributed by atoms with van der Waals surface area (Å²) in [5.74, 6) is 0.300. The number of nitrogens with two attached hydrogens (primary N) is 1. The van der Waals surface area contributed by atoms with Crippen LogP contribution in [0.4, 0.5) is 5.82 Å². The molecule has 1 aliphatic heterocycles. The number of aromatic amines is 1. The van der Waals surface area contributed by atoms with Gasteiger partial charge in [0.2, 0.25) is 15.9 Å². The van der Waals surface area contributed by atoms with Crippen molar-refractivity contribution >= 4 is 66.5 Å². The Balaban J connectivity index is 1.25. The number of piperazine rings is 1. The second-order valence-electron chi connectivity index (χ2n) is 9.77. The minimum Gasteiger partial charge on any atom is -0.383 e. The molecule has 206 valence electrons. The third-order valence-corrected chi connectivity index (χ3v) is 10.0. The molecule has 10 nitrogen and oxygen atoms in total. The lowest BCUT2D eigenvalue weighted by atomic mass is 10.1. The van der Waals surface area contributed by atoms with Crippen LogP contribution in [-0.2, 0) is 27.9 Å². The Hall–Kier alpha value is -3.55. The SMILES string of the molecule is Nc1ncnc2cc(CN3C(=O)CN(Cc4cc5cc(Cl)ccc5[nH]4)CC3CNS(=O)(=O)c3cccs3)ccc12. The number of rotatable bonds is 8. The zero-order valence-electron chi connectivity index (χ0n) is 21.2. The fourth-order valence-electron chi connectivity index (χ4n) is 5.06. The first-order chi connectivity index (χ1) is 19.2. The van der Waals surface area contributed by atoms with E-state index >= 15 is 0 Å². The van der Waals surface area contributed by atoms with Crippen LogP contribution in [0.15, 0.2) is 70.5 Å². The predicted octanol–water partition coefficient (Wildman–Crippen LogP) is 3.60. The molecule has 2 aromatic carbocycles. The van der Waals surface area contributed by atoms with E-state index in [1.807, 2.05) is 47.4 Å². The Bertz CT molecular complexity index is 1810. The van der Waals surface area contributed by atoms with Crippen LogP contribution >= 0.6 is 22.9 Å². The van der Waals surface area contributed by atoms with E-state index in [0.29, 0.717) is 36.0 Å². The van der Waals surface area contributed by atoms with Gasteiger partial charge in [-0.2, -0.15) is 0 Å². The van der Waals surface area contributed by atoms with Crippen molar-refractivity contribution in [2.24, 2.45) is 0 Å². The standard InChI is InChI=1S/C27H26ClN7O3S2/c28-19-4-6-23-18(9-19)10-20(33-23)13-34-14-21(11-32-40(37,38)26-2-1-7-39-26)35(25(36)15-34)12-17-3-5-22-24(8-17)30-16-31-27(22)29/h1-10,16,21,32-33H,11-15H2,(H2,29,30,31). The van der Waals surface area contributed by atoms with E-state index in [1.54, 1.807) is 22.4 Å². The molecule has 40 heavy (non-hydrogen) atoms. The van der Waals surface area contributed by atoms with Crippen molar-refractivity contribution in [2.75, 3.05) is 25.4 Å². The Morgan fingerprint density at radius 1 is 1.12 bits per heavy atom. The summed E-state index contributed by atoms with van der Waals surface area (Å²) < 4.78 is 28.8. The van der Waals surface area contributed by atoms with Crippen LogP contribution in [0.25, 0.3) is 21.8 Å². The summed E-state index contributed by atoms with van der Waals surface area (Å²) in [5.41, 5.74) is 9.43. The number of H-pyrrole nitrogens is 1. The molecule has 3 aromatic heterocycles. The molecule has 4 N–H and O–H groups in total. The number of carbonyl (C=O) groups is 1. The van der Waals surface area contributed by atoms with Gasteiger partial charge < -0.3 is 15.6 Å². The lowest BCUT2D eigenvalue weighted by Crippen LogP contribution is -2.59. The van der Waals surface area contributed by atoms with Gasteiger partial charge in [-0.1, -0.05) is 23.7 Å². The lowest BCUT2D eigenvalue weighted by Gasteiger charge is -2.41. The zero-order chi connectivity index (χ0) is 27.9. The van der Waals surface area contributed by atoms with Crippen molar-refractivity contribution in [3.63, 3.8) is 0 Å². The molecule has 5 aromatic rings. The third-order valence-electron chi connectivity index (χ3n) is 6.98. The normalized spacial score (nSPS) is 16.8. The number of nitrogens with one attached hydrogen (secondary N) is 2. The van der Waals surface area contributed by atoms with Gasteiger partial charge in [-0.05, 0) is 53.4 Å². The average Bonchev–Trinajstić information content (AvgIpc) is 3.60. The van der Waals surface area contributed by atoms with Crippen molar-refractivity contribution in [3.05, 3.63) is 82.6 Å². The maximum absolute atomic E-state index is 13.5. The van der Waals surface area contributed by atoms with E-state index < -0.39 is 16.1 Å². The minimum absolute atomic E-state index is 0.0769. The Labute approximate surface area is 239 Å². The van der Waals surface area contributed by atoms with Gasteiger partial charge in [-0.25, -0.2) is 23.1 Å². The number of halogens is 1. The van der Waals surface area contributed by atoms with Crippen LogP contribution in [0.5, 0.6) is 0 Å².